The molecule has 1 N–H and O–H groups in total. The third-order valence-corrected chi connectivity index (χ3v) is 2.41. The number of carbonyl (C=O) groups excluding carboxylic acids is 1. The summed E-state index contributed by atoms with van der Waals surface area (Å²) >= 11 is 0. The summed E-state index contributed by atoms with van der Waals surface area (Å²) in [5.41, 5.74) is 0.357. The van der Waals surface area contributed by atoms with Gasteiger partial charge >= 0.3 is 16.4 Å². The quantitative estimate of drug-likeness (QED) is 0.845. The zero-order valence-electron chi connectivity index (χ0n) is 8.71. The lowest BCUT2D eigenvalue weighted by atomic mass is 10.2. The molecule has 1 amide bonds. The van der Waals surface area contributed by atoms with Gasteiger partial charge in [-0.25, -0.2) is 4.79 Å². The number of benzene rings is 1. The first-order valence-electron chi connectivity index (χ1n) is 4.27. The van der Waals surface area contributed by atoms with Crippen LogP contribution in [-0.2, 0) is 15.0 Å². The van der Waals surface area contributed by atoms with Gasteiger partial charge in [0.25, 0.3) is 0 Å². The van der Waals surface area contributed by atoms with E-state index in [1.807, 2.05) is 6.07 Å². The molecule has 1 rings (SSSR count). The Morgan fingerprint density at radius 3 is 2.41 bits per heavy atom. The SMILES string of the molecule is COC(=O)NS(=O)(=O)Oc1ccc(C#N)cc1. The normalized spacial score (nSPS) is 10.1. The van der Waals surface area contributed by atoms with Crippen molar-refractivity contribution in [2.45, 2.75) is 0 Å². The van der Waals surface area contributed by atoms with E-state index in [0.29, 0.717) is 5.56 Å². The maximum absolute atomic E-state index is 11.2. The highest BCUT2D eigenvalue weighted by Gasteiger charge is 2.16. The zero-order chi connectivity index (χ0) is 12.9. The van der Waals surface area contributed by atoms with Crippen LogP contribution in [0.15, 0.2) is 24.3 Å². The molecule has 90 valence electrons. The van der Waals surface area contributed by atoms with Crippen LogP contribution in [0.4, 0.5) is 4.79 Å². The lowest BCUT2D eigenvalue weighted by Crippen LogP contribution is -2.33. The fourth-order valence-electron chi connectivity index (χ4n) is 0.876. The maximum Gasteiger partial charge on any atom is 0.423 e. The summed E-state index contributed by atoms with van der Waals surface area (Å²) in [5.74, 6) is -0.0274. The van der Waals surface area contributed by atoms with Crippen LogP contribution in [0.25, 0.3) is 0 Å². The molecule has 1 aromatic carbocycles. The molecule has 0 bridgehead atoms. The van der Waals surface area contributed by atoms with E-state index < -0.39 is 16.4 Å². The predicted molar refractivity (Wildman–Crippen MR) is 56.2 cm³/mol. The molecule has 0 saturated carbocycles. The molecule has 8 heteroatoms. The molecule has 1 aromatic rings. The molecule has 0 fully saturated rings. The number of methoxy groups -OCH3 is 1. The lowest BCUT2D eigenvalue weighted by Gasteiger charge is -2.06. The Hall–Kier alpha value is -2.27. The first-order valence-corrected chi connectivity index (χ1v) is 5.68. The minimum absolute atomic E-state index is 0.0274. The number of nitriles is 1. The van der Waals surface area contributed by atoms with E-state index in [1.54, 1.807) is 0 Å². The van der Waals surface area contributed by atoms with Crippen LogP contribution in [0.3, 0.4) is 0 Å². The Balaban J connectivity index is 2.77. The van der Waals surface area contributed by atoms with Crippen molar-refractivity contribution in [1.82, 2.24) is 4.72 Å². The molecule has 0 aromatic heterocycles. The second-order valence-electron chi connectivity index (χ2n) is 2.77. The molecule has 0 heterocycles. The summed E-state index contributed by atoms with van der Waals surface area (Å²) < 4.78 is 32.6. The number of hydrogen-bond acceptors (Lipinski definition) is 6. The lowest BCUT2D eigenvalue weighted by molar-refractivity contribution is 0.177. The molecule has 0 aliphatic rings. The van der Waals surface area contributed by atoms with Crippen LogP contribution >= 0.6 is 0 Å². The molecule has 0 radical (unpaired) electrons. The molecule has 17 heavy (non-hydrogen) atoms. The van der Waals surface area contributed by atoms with Crippen molar-refractivity contribution in [3.63, 3.8) is 0 Å². The van der Waals surface area contributed by atoms with E-state index >= 15 is 0 Å². The molecule has 0 saturated heterocycles. The number of hydrogen-bond donors (Lipinski definition) is 1. The average Bonchev–Trinajstić information content (AvgIpc) is 2.28. The Labute approximate surface area is 97.8 Å². The number of nitrogens with one attached hydrogen (secondary N) is 1. The first-order chi connectivity index (χ1) is 7.96. The van der Waals surface area contributed by atoms with Gasteiger partial charge in [-0.05, 0) is 24.3 Å². The van der Waals surface area contributed by atoms with Crippen molar-refractivity contribution in [3.8, 4) is 11.8 Å². The van der Waals surface area contributed by atoms with Crippen LogP contribution in [0.5, 0.6) is 5.75 Å². The standard InChI is InChI=1S/C9H8N2O5S/c1-15-9(12)11-17(13,14)16-8-4-2-7(6-10)3-5-8/h2-5H,1H3,(H,11,12). The Bertz CT molecular complexity index is 544. The molecule has 7 nitrogen and oxygen atoms in total. The van der Waals surface area contributed by atoms with Crippen LogP contribution in [0.1, 0.15) is 5.56 Å². The Kier molecular flexibility index (Phi) is 3.90. The summed E-state index contributed by atoms with van der Waals surface area (Å²) in [4.78, 5) is 10.7. The number of carbonyl (C=O) groups is 1. The van der Waals surface area contributed by atoms with Crippen molar-refractivity contribution in [2.24, 2.45) is 0 Å². The van der Waals surface area contributed by atoms with Crippen LogP contribution in [-0.4, -0.2) is 21.6 Å². The molecule has 0 unspecified atom stereocenters. The minimum atomic E-state index is -4.27. The third kappa shape index (κ3) is 4.00. The van der Waals surface area contributed by atoms with Gasteiger partial charge in [0.1, 0.15) is 5.75 Å². The summed E-state index contributed by atoms with van der Waals surface area (Å²) in [6, 6.07) is 7.19. The van der Waals surface area contributed by atoms with Crippen LogP contribution in [0.2, 0.25) is 0 Å². The maximum atomic E-state index is 11.2. The van der Waals surface area contributed by atoms with Gasteiger partial charge in [-0.3, -0.25) is 0 Å². The van der Waals surface area contributed by atoms with Gasteiger partial charge in [0.2, 0.25) is 0 Å². The first kappa shape index (κ1) is 12.8. The molecular formula is C9H8N2O5S. The molecule has 0 spiro atoms. The van der Waals surface area contributed by atoms with Crippen molar-refractivity contribution < 1.29 is 22.1 Å². The largest absolute Gasteiger partial charge is 0.452 e. The predicted octanol–water partition coefficient (Wildman–Crippen LogP) is 0.538. The van der Waals surface area contributed by atoms with Gasteiger partial charge in [-0.2, -0.15) is 18.4 Å². The highest BCUT2D eigenvalue weighted by Crippen LogP contribution is 2.13. The second-order valence-corrected chi connectivity index (χ2v) is 4.05. The molecular weight excluding hydrogens is 248 g/mol. The Morgan fingerprint density at radius 2 is 1.94 bits per heavy atom. The van der Waals surface area contributed by atoms with Crippen molar-refractivity contribution in [2.75, 3.05) is 7.11 Å². The average molecular weight is 256 g/mol. The van der Waals surface area contributed by atoms with Crippen molar-refractivity contribution in [3.05, 3.63) is 29.8 Å². The van der Waals surface area contributed by atoms with E-state index in [4.69, 9.17) is 5.26 Å². The van der Waals surface area contributed by atoms with Gasteiger partial charge in [0, 0.05) is 0 Å². The summed E-state index contributed by atoms with van der Waals surface area (Å²) in [5, 5.41) is 8.53. The van der Waals surface area contributed by atoms with Gasteiger partial charge in [0.15, 0.2) is 0 Å². The summed E-state index contributed by atoms with van der Waals surface area (Å²) in [7, 11) is -3.25. The number of amides is 1. The van der Waals surface area contributed by atoms with Gasteiger partial charge < -0.3 is 8.92 Å². The van der Waals surface area contributed by atoms with Gasteiger partial charge in [-0.15, -0.1) is 0 Å². The van der Waals surface area contributed by atoms with Crippen molar-refractivity contribution >= 4 is 16.4 Å². The van der Waals surface area contributed by atoms with Gasteiger partial charge in [-0.1, -0.05) is 0 Å². The van der Waals surface area contributed by atoms with Crippen molar-refractivity contribution in [1.29, 1.82) is 5.26 Å². The van der Waals surface area contributed by atoms with Gasteiger partial charge in [0.05, 0.1) is 18.7 Å². The fraction of sp³-hybridized carbons (Fsp3) is 0.111. The highest BCUT2D eigenvalue weighted by atomic mass is 32.2. The number of nitrogens with zero attached hydrogens (tertiary/aromatic N) is 1. The molecule has 0 aliphatic heterocycles. The summed E-state index contributed by atoms with van der Waals surface area (Å²) in [6.07, 6.45) is -1.15. The van der Waals surface area contributed by atoms with E-state index in [2.05, 4.69) is 8.92 Å². The summed E-state index contributed by atoms with van der Waals surface area (Å²) in [6.45, 7) is 0. The number of ether oxygens (including phenoxy) is 1. The fourth-order valence-corrected chi connectivity index (χ4v) is 1.57. The van der Waals surface area contributed by atoms with E-state index in [-0.39, 0.29) is 5.75 Å². The highest BCUT2D eigenvalue weighted by molar-refractivity contribution is 7.85. The number of rotatable bonds is 3. The van der Waals surface area contributed by atoms with E-state index in [9.17, 15) is 13.2 Å². The van der Waals surface area contributed by atoms with Crippen LogP contribution < -0.4 is 8.91 Å². The minimum Gasteiger partial charge on any atom is -0.452 e. The smallest absolute Gasteiger partial charge is 0.423 e. The topological polar surface area (TPSA) is 105 Å². The van der Waals surface area contributed by atoms with E-state index in [0.717, 1.165) is 7.11 Å². The zero-order valence-corrected chi connectivity index (χ0v) is 9.52. The Morgan fingerprint density at radius 1 is 1.35 bits per heavy atom. The monoisotopic (exact) mass is 256 g/mol. The van der Waals surface area contributed by atoms with Crippen LogP contribution in [0, 0.1) is 11.3 Å². The third-order valence-electron chi connectivity index (χ3n) is 1.58. The van der Waals surface area contributed by atoms with E-state index in [1.165, 1.54) is 29.0 Å². The second kappa shape index (κ2) is 5.18. The molecule has 0 aliphatic carbocycles. The molecule has 0 atom stereocenters.